The van der Waals surface area contributed by atoms with Gasteiger partial charge in [-0.3, -0.25) is 0 Å². The van der Waals surface area contributed by atoms with E-state index in [2.05, 4.69) is 51.4 Å². The Kier molecular flexibility index (Phi) is 5.90. The molecule has 1 aliphatic carbocycles. The average Bonchev–Trinajstić information content (AvgIpc) is 3.11. The number of ether oxygens (including phenoxy) is 1. The van der Waals surface area contributed by atoms with E-state index in [1.807, 2.05) is 24.3 Å². The van der Waals surface area contributed by atoms with Crippen LogP contribution < -0.4 is 5.32 Å². The van der Waals surface area contributed by atoms with Crippen molar-refractivity contribution in [2.45, 2.75) is 12.3 Å². The van der Waals surface area contributed by atoms with E-state index in [1.165, 1.54) is 34.6 Å². The quantitative estimate of drug-likeness (QED) is 0.491. The maximum absolute atomic E-state index is 12.1. The lowest BCUT2D eigenvalue weighted by Crippen LogP contribution is -2.26. The van der Waals surface area contributed by atoms with Crippen molar-refractivity contribution in [3.8, 4) is 23.0 Å². The molecule has 3 aromatic rings. The topological polar surface area (TPSA) is 101 Å². The van der Waals surface area contributed by atoms with Crippen molar-refractivity contribution in [1.29, 1.82) is 0 Å². The summed E-state index contributed by atoms with van der Waals surface area (Å²) >= 11 is 0. The van der Waals surface area contributed by atoms with Crippen LogP contribution in [-0.2, 0) is 4.74 Å². The van der Waals surface area contributed by atoms with Crippen LogP contribution in [0.1, 0.15) is 39.6 Å². The smallest absolute Gasteiger partial charge is 0.407 e. The van der Waals surface area contributed by atoms with Crippen LogP contribution in [0.5, 0.6) is 0 Å². The fraction of sp³-hybridized carbons (Fsp3) is 0.167. The number of alkyl carbamates (subject to hydrolysis) is 1. The molecule has 1 heterocycles. The number of amides is 1. The molecule has 1 amide bonds. The molecule has 1 aliphatic rings. The molecule has 7 nitrogen and oxygen atoms in total. The molecule has 2 aromatic carbocycles. The van der Waals surface area contributed by atoms with Crippen LogP contribution in [0.4, 0.5) is 4.79 Å². The number of carboxylic acids is 1. The van der Waals surface area contributed by atoms with E-state index in [9.17, 15) is 9.59 Å². The van der Waals surface area contributed by atoms with Gasteiger partial charge in [-0.15, -0.1) is 0 Å². The molecule has 0 radical (unpaired) electrons. The van der Waals surface area contributed by atoms with Gasteiger partial charge in [0, 0.05) is 31.3 Å². The maximum atomic E-state index is 12.1. The first-order valence-electron chi connectivity index (χ1n) is 9.76. The van der Waals surface area contributed by atoms with E-state index < -0.39 is 12.1 Å². The van der Waals surface area contributed by atoms with Crippen molar-refractivity contribution < 1.29 is 19.4 Å². The van der Waals surface area contributed by atoms with Crippen LogP contribution in [0, 0.1) is 11.8 Å². The van der Waals surface area contributed by atoms with Gasteiger partial charge in [-0.1, -0.05) is 60.4 Å². The molecule has 31 heavy (non-hydrogen) atoms. The molecule has 0 saturated carbocycles. The number of carbonyl (C=O) groups is 2. The lowest BCUT2D eigenvalue weighted by atomic mass is 9.98. The van der Waals surface area contributed by atoms with E-state index in [-0.39, 0.29) is 18.3 Å². The number of fused-ring (bicyclic) bond motifs is 3. The number of aromatic nitrogens is 2. The minimum atomic E-state index is -1.19. The summed E-state index contributed by atoms with van der Waals surface area (Å²) in [5.74, 6) is 4.26. The van der Waals surface area contributed by atoms with Crippen LogP contribution in [0.25, 0.3) is 11.1 Å². The monoisotopic (exact) mass is 413 g/mol. The molecule has 0 fully saturated rings. The first-order valence-corrected chi connectivity index (χ1v) is 9.76. The fourth-order valence-electron chi connectivity index (χ4n) is 3.54. The van der Waals surface area contributed by atoms with Gasteiger partial charge in [0.15, 0.2) is 0 Å². The predicted molar refractivity (Wildman–Crippen MR) is 114 cm³/mol. The number of carboxylic acid groups (broad SMARTS) is 1. The largest absolute Gasteiger partial charge is 0.475 e. The van der Waals surface area contributed by atoms with Crippen LogP contribution in [0.3, 0.4) is 0 Å². The third kappa shape index (κ3) is 4.54. The molecule has 1 aromatic heterocycles. The summed E-state index contributed by atoms with van der Waals surface area (Å²) in [5, 5.41) is 11.5. The highest BCUT2D eigenvalue weighted by atomic mass is 16.5. The number of rotatable bonds is 5. The lowest BCUT2D eigenvalue weighted by molar-refractivity contribution is 0.0683. The Morgan fingerprint density at radius 1 is 1.00 bits per heavy atom. The van der Waals surface area contributed by atoms with Gasteiger partial charge in [0.2, 0.25) is 5.82 Å². The summed E-state index contributed by atoms with van der Waals surface area (Å²) in [6.07, 6.45) is 2.62. The SMILES string of the molecule is O=C(NCCC#Cc1cnc(C(=O)O)nc1)OCC1c2ccccc2-c2ccccc21. The van der Waals surface area contributed by atoms with Gasteiger partial charge >= 0.3 is 12.1 Å². The second-order valence-electron chi connectivity index (χ2n) is 6.90. The molecule has 0 atom stereocenters. The van der Waals surface area contributed by atoms with Crippen molar-refractivity contribution in [2.75, 3.05) is 13.2 Å². The molecule has 0 spiro atoms. The van der Waals surface area contributed by atoms with E-state index >= 15 is 0 Å². The van der Waals surface area contributed by atoms with Crippen molar-refractivity contribution in [1.82, 2.24) is 15.3 Å². The minimum absolute atomic E-state index is 0.0201. The minimum Gasteiger partial charge on any atom is -0.475 e. The molecule has 4 rings (SSSR count). The predicted octanol–water partition coefficient (Wildman–Crippen LogP) is 3.46. The molecule has 2 N–H and O–H groups in total. The van der Waals surface area contributed by atoms with E-state index in [1.54, 1.807) is 0 Å². The van der Waals surface area contributed by atoms with Crippen LogP contribution in [0.15, 0.2) is 60.9 Å². The van der Waals surface area contributed by atoms with Gasteiger partial charge < -0.3 is 15.2 Å². The number of benzene rings is 2. The van der Waals surface area contributed by atoms with Gasteiger partial charge in [-0.05, 0) is 22.3 Å². The second-order valence-corrected chi connectivity index (χ2v) is 6.90. The normalized spacial score (nSPS) is 11.6. The molecule has 7 heteroatoms. The molecule has 0 bridgehead atoms. The second kappa shape index (κ2) is 9.09. The number of nitrogens with one attached hydrogen (secondary N) is 1. The first-order chi connectivity index (χ1) is 15.1. The van der Waals surface area contributed by atoms with Crippen molar-refractivity contribution in [3.05, 3.63) is 83.4 Å². The Hall–Kier alpha value is -4.18. The lowest BCUT2D eigenvalue weighted by Gasteiger charge is -2.14. The average molecular weight is 413 g/mol. The van der Waals surface area contributed by atoms with Crippen molar-refractivity contribution in [2.24, 2.45) is 0 Å². The van der Waals surface area contributed by atoms with Gasteiger partial charge in [-0.2, -0.15) is 0 Å². The molecular formula is C24H19N3O4. The highest BCUT2D eigenvalue weighted by molar-refractivity contribution is 5.83. The molecule has 0 aliphatic heterocycles. The van der Waals surface area contributed by atoms with Gasteiger partial charge in [-0.25, -0.2) is 19.6 Å². The Balaban J connectivity index is 1.27. The fourth-order valence-corrected chi connectivity index (χ4v) is 3.54. The zero-order valence-electron chi connectivity index (χ0n) is 16.5. The number of aromatic carboxylic acids is 1. The van der Waals surface area contributed by atoms with Gasteiger partial charge in [0.25, 0.3) is 0 Å². The van der Waals surface area contributed by atoms with E-state index in [4.69, 9.17) is 9.84 Å². The number of carbonyl (C=O) groups excluding carboxylic acids is 1. The third-order valence-electron chi connectivity index (χ3n) is 4.94. The van der Waals surface area contributed by atoms with Crippen molar-refractivity contribution in [3.63, 3.8) is 0 Å². The molecule has 0 unspecified atom stereocenters. The van der Waals surface area contributed by atoms with Gasteiger partial charge in [0.1, 0.15) is 6.61 Å². The first kappa shape index (κ1) is 20.1. The Morgan fingerprint density at radius 2 is 1.61 bits per heavy atom. The van der Waals surface area contributed by atoms with Crippen LogP contribution >= 0.6 is 0 Å². The number of hydrogen-bond acceptors (Lipinski definition) is 5. The Bertz CT molecular complexity index is 1130. The van der Waals surface area contributed by atoms with Crippen LogP contribution in [-0.4, -0.2) is 40.3 Å². The summed E-state index contributed by atoms with van der Waals surface area (Å²) in [7, 11) is 0. The summed E-state index contributed by atoms with van der Waals surface area (Å²) in [4.78, 5) is 30.2. The van der Waals surface area contributed by atoms with Crippen molar-refractivity contribution >= 4 is 12.1 Å². The van der Waals surface area contributed by atoms with Crippen LogP contribution in [0.2, 0.25) is 0 Å². The zero-order chi connectivity index (χ0) is 21.6. The Morgan fingerprint density at radius 3 is 2.23 bits per heavy atom. The Labute approximate surface area is 179 Å². The molecular weight excluding hydrogens is 394 g/mol. The summed E-state index contributed by atoms with van der Waals surface area (Å²) < 4.78 is 5.47. The number of hydrogen-bond donors (Lipinski definition) is 2. The maximum Gasteiger partial charge on any atom is 0.407 e. The zero-order valence-corrected chi connectivity index (χ0v) is 16.5. The highest BCUT2D eigenvalue weighted by Gasteiger charge is 2.28. The number of nitrogens with zero attached hydrogens (tertiary/aromatic N) is 2. The summed E-state index contributed by atoms with van der Waals surface area (Å²) in [6, 6.07) is 16.3. The highest BCUT2D eigenvalue weighted by Crippen LogP contribution is 2.44. The van der Waals surface area contributed by atoms with E-state index in [0.29, 0.717) is 18.5 Å². The third-order valence-corrected chi connectivity index (χ3v) is 4.94. The molecule has 154 valence electrons. The standard InChI is InChI=1S/C24H19N3O4/c28-23(29)22-26-13-16(14-27-22)7-5-6-12-25-24(30)31-15-21-19-10-3-1-8-17(19)18-9-2-4-11-20(18)21/h1-4,8-11,13-14,21H,6,12,15H2,(H,25,30)(H,28,29). The summed E-state index contributed by atoms with van der Waals surface area (Å²) in [5.41, 5.74) is 5.20. The molecule has 0 saturated heterocycles. The van der Waals surface area contributed by atoms with Gasteiger partial charge in [0.05, 0.1) is 5.56 Å². The van der Waals surface area contributed by atoms with E-state index in [0.717, 1.165) is 0 Å². The summed E-state index contributed by atoms with van der Waals surface area (Å²) in [6.45, 7) is 0.594.